The Morgan fingerprint density at radius 2 is 1.67 bits per heavy atom. The molecule has 21 heavy (non-hydrogen) atoms. The maximum Gasteiger partial charge on any atom is 0.391 e. The standard InChI is InChI=1S/C15H23F3N2O/c1-3-9-20(10-4-2)11-14(21)19-13-7-5-12(6-8-13)15(16,17)18/h3-4,12-13H,1-2,5-11H2,(H,19,21). The van der Waals surface area contributed by atoms with Gasteiger partial charge in [-0.15, -0.1) is 13.2 Å². The molecule has 0 radical (unpaired) electrons. The average Bonchev–Trinajstić information content (AvgIpc) is 2.38. The Kier molecular flexibility index (Phi) is 6.95. The van der Waals surface area contributed by atoms with Crippen LogP contribution in [0.1, 0.15) is 25.7 Å². The molecule has 1 aliphatic rings. The normalized spacial score (nSPS) is 22.9. The molecule has 120 valence electrons. The fourth-order valence-corrected chi connectivity index (χ4v) is 2.61. The predicted molar refractivity (Wildman–Crippen MR) is 76.8 cm³/mol. The molecule has 0 spiro atoms. The Bertz CT molecular complexity index is 350. The van der Waals surface area contributed by atoms with Crippen LogP contribution >= 0.6 is 0 Å². The first-order valence-electron chi connectivity index (χ1n) is 7.17. The number of carbonyl (C=O) groups excluding carboxylic acids is 1. The SMILES string of the molecule is C=CCN(CC=C)CC(=O)NC1CCC(C(F)(F)F)CC1. The maximum absolute atomic E-state index is 12.6. The van der Waals surface area contributed by atoms with E-state index in [0.717, 1.165) is 0 Å². The zero-order chi connectivity index (χ0) is 15.9. The molecule has 0 saturated heterocycles. The van der Waals surface area contributed by atoms with Crippen molar-refractivity contribution in [1.29, 1.82) is 0 Å². The van der Waals surface area contributed by atoms with Gasteiger partial charge in [-0.25, -0.2) is 0 Å². The second-order valence-electron chi connectivity index (χ2n) is 5.43. The lowest BCUT2D eigenvalue weighted by Crippen LogP contribution is -2.44. The number of amides is 1. The number of nitrogens with one attached hydrogen (secondary N) is 1. The number of hydrogen-bond donors (Lipinski definition) is 1. The van der Waals surface area contributed by atoms with E-state index in [1.807, 2.05) is 4.90 Å². The molecule has 0 aliphatic heterocycles. The van der Waals surface area contributed by atoms with Crippen LogP contribution in [0.2, 0.25) is 0 Å². The Morgan fingerprint density at radius 3 is 2.10 bits per heavy atom. The van der Waals surface area contributed by atoms with Gasteiger partial charge in [-0.2, -0.15) is 13.2 Å². The van der Waals surface area contributed by atoms with Crippen LogP contribution in [0.4, 0.5) is 13.2 Å². The van der Waals surface area contributed by atoms with Crippen LogP contribution in [-0.2, 0) is 4.79 Å². The second-order valence-corrected chi connectivity index (χ2v) is 5.43. The van der Waals surface area contributed by atoms with Crippen molar-refractivity contribution in [3.8, 4) is 0 Å². The minimum absolute atomic E-state index is 0.0947. The Labute approximate surface area is 123 Å². The van der Waals surface area contributed by atoms with E-state index in [0.29, 0.717) is 25.9 Å². The van der Waals surface area contributed by atoms with Crippen molar-refractivity contribution in [1.82, 2.24) is 10.2 Å². The van der Waals surface area contributed by atoms with Gasteiger partial charge in [-0.1, -0.05) is 12.2 Å². The highest BCUT2D eigenvalue weighted by atomic mass is 19.4. The molecule has 1 aliphatic carbocycles. The van der Waals surface area contributed by atoms with E-state index in [1.54, 1.807) is 12.2 Å². The minimum atomic E-state index is -4.11. The highest BCUT2D eigenvalue weighted by Gasteiger charge is 2.41. The van der Waals surface area contributed by atoms with Crippen molar-refractivity contribution in [3.63, 3.8) is 0 Å². The number of rotatable bonds is 7. The fraction of sp³-hybridized carbons (Fsp3) is 0.667. The third-order valence-electron chi connectivity index (χ3n) is 3.70. The number of nitrogens with zero attached hydrogens (tertiary/aromatic N) is 1. The summed E-state index contributed by atoms with van der Waals surface area (Å²) in [6, 6.07) is -0.148. The molecule has 3 nitrogen and oxygen atoms in total. The van der Waals surface area contributed by atoms with Gasteiger partial charge in [0.25, 0.3) is 0 Å². The number of halogens is 3. The van der Waals surface area contributed by atoms with Crippen LogP contribution in [0.25, 0.3) is 0 Å². The van der Waals surface area contributed by atoms with E-state index >= 15 is 0 Å². The first-order chi connectivity index (χ1) is 9.86. The number of hydrogen-bond acceptors (Lipinski definition) is 2. The summed E-state index contributed by atoms with van der Waals surface area (Å²) in [5, 5.41) is 2.82. The molecule has 0 atom stereocenters. The number of alkyl halides is 3. The van der Waals surface area contributed by atoms with E-state index in [4.69, 9.17) is 0 Å². The van der Waals surface area contributed by atoms with Gasteiger partial charge in [0.05, 0.1) is 12.5 Å². The van der Waals surface area contributed by atoms with Crippen LogP contribution < -0.4 is 5.32 Å². The maximum atomic E-state index is 12.6. The molecular weight excluding hydrogens is 281 g/mol. The van der Waals surface area contributed by atoms with Crippen molar-refractivity contribution in [2.45, 2.75) is 37.9 Å². The van der Waals surface area contributed by atoms with Crippen LogP contribution in [0.3, 0.4) is 0 Å². The quantitative estimate of drug-likeness (QED) is 0.734. The summed E-state index contributed by atoms with van der Waals surface area (Å²) in [5.74, 6) is -1.38. The van der Waals surface area contributed by atoms with Gasteiger partial charge < -0.3 is 5.32 Å². The third-order valence-corrected chi connectivity index (χ3v) is 3.70. The molecule has 1 amide bonds. The monoisotopic (exact) mass is 304 g/mol. The summed E-state index contributed by atoms with van der Waals surface area (Å²) in [6.07, 6.45) is 0.253. The van der Waals surface area contributed by atoms with Gasteiger partial charge >= 0.3 is 6.18 Å². The lowest BCUT2D eigenvalue weighted by Gasteiger charge is -2.30. The highest BCUT2D eigenvalue weighted by molar-refractivity contribution is 5.78. The molecule has 1 saturated carbocycles. The highest BCUT2D eigenvalue weighted by Crippen LogP contribution is 2.37. The lowest BCUT2D eigenvalue weighted by atomic mass is 9.85. The van der Waals surface area contributed by atoms with Gasteiger partial charge in [0, 0.05) is 19.1 Å². The van der Waals surface area contributed by atoms with E-state index in [9.17, 15) is 18.0 Å². The molecular formula is C15H23F3N2O. The molecule has 0 aromatic heterocycles. The molecule has 0 heterocycles. The molecule has 0 bridgehead atoms. The molecule has 1 fully saturated rings. The summed E-state index contributed by atoms with van der Waals surface area (Å²) in [5.41, 5.74) is 0. The summed E-state index contributed by atoms with van der Waals surface area (Å²) in [6.45, 7) is 8.59. The average molecular weight is 304 g/mol. The van der Waals surface area contributed by atoms with Crippen LogP contribution in [0, 0.1) is 5.92 Å². The predicted octanol–water partition coefficient (Wildman–Crippen LogP) is 2.90. The van der Waals surface area contributed by atoms with E-state index in [1.165, 1.54) is 0 Å². The third kappa shape index (κ3) is 6.33. The Hall–Kier alpha value is -1.30. The Balaban J connectivity index is 2.36. The lowest BCUT2D eigenvalue weighted by molar-refractivity contribution is -0.182. The van der Waals surface area contributed by atoms with Crippen molar-refractivity contribution >= 4 is 5.91 Å². The van der Waals surface area contributed by atoms with E-state index in [2.05, 4.69) is 18.5 Å². The largest absolute Gasteiger partial charge is 0.391 e. The fourth-order valence-electron chi connectivity index (χ4n) is 2.61. The second kappa shape index (κ2) is 8.22. The van der Waals surface area contributed by atoms with E-state index in [-0.39, 0.29) is 31.3 Å². The molecule has 1 rings (SSSR count). The van der Waals surface area contributed by atoms with Crippen LogP contribution in [-0.4, -0.2) is 42.7 Å². The van der Waals surface area contributed by atoms with Gasteiger partial charge in [0.1, 0.15) is 0 Å². The smallest absolute Gasteiger partial charge is 0.352 e. The minimum Gasteiger partial charge on any atom is -0.352 e. The zero-order valence-electron chi connectivity index (χ0n) is 12.2. The van der Waals surface area contributed by atoms with Crippen LogP contribution in [0.5, 0.6) is 0 Å². The molecule has 1 N–H and O–H groups in total. The molecule has 0 unspecified atom stereocenters. The molecule has 0 aromatic carbocycles. The summed E-state index contributed by atoms with van der Waals surface area (Å²) in [4.78, 5) is 13.8. The van der Waals surface area contributed by atoms with Crippen molar-refractivity contribution < 1.29 is 18.0 Å². The van der Waals surface area contributed by atoms with Crippen molar-refractivity contribution in [3.05, 3.63) is 25.3 Å². The Morgan fingerprint density at radius 1 is 1.14 bits per heavy atom. The van der Waals surface area contributed by atoms with Crippen LogP contribution in [0.15, 0.2) is 25.3 Å². The molecule has 6 heteroatoms. The molecule has 0 aromatic rings. The first-order valence-corrected chi connectivity index (χ1v) is 7.17. The van der Waals surface area contributed by atoms with Gasteiger partial charge in [0.2, 0.25) is 5.91 Å². The van der Waals surface area contributed by atoms with Crippen molar-refractivity contribution in [2.75, 3.05) is 19.6 Å². The topological polar surface area (TPSA) is 32.3 Å². The zero-order valence-corrected chi connectivity index (χ0v) is 12.2. The number of carbonyl (C=O) groups is 1. The summed E-state index contributed by atoms with van der Waals surface area (Å²) in [7, 11) is 0. The summed E-state index contributed by atoms with van der Waals surface area (Å²) < 4.78 is 37.7. The van der Waals surface area contributed by atoms with Gasteiger partial charge in [-0.3, -0.25) is 9.69 Å². The van der Waals surface area contributed by atoms with E-state index < -0.39 is 12.1 Å². The summed E-state index contributed by atoms with van der Waals surface area (Å²) >= 11 is 0. The van der Waals surface area contributed by atoms with Gasteiger partial charge in [0.15, 0.2) is 0 Å². The first kappa shape index (κ1) is 17.8. The van der Waals surface area contributed by atoms with Gasteiger partial charge in [-0.05, 0) is 25.7 Å². The van der Waals surface area contributed by atoms with Crippen molar-refractivity contribution in [2.24, 2.45) is 5.92 Å².